The lowest BCUT2D eigenvalue weighted by Crippen LogP contribution is -2.56. The highest BCUT2D eigenvalue weighted by molar-refractivity contribution is 5.96. The van der Waals surface area contributed by atoms with Crippen LogP contribution in [-0.2, 0) is 24.0 Å². The quantitative estimate of drug-likeness (QED) is 0.182. The molecule has 0 aromatic rings. The molecule has 0 spiro atoms. The molecule has 1 rings (SSSR count). The fourth-order valence-electron chi connectivity index (χ4n) is 4.14. The van der Waals surface area contributed by atoms with E-state index in [0.29, 0.717) is 45.1 Å². The first-order valence-corrected chi connectivity index (χ1v) is 11.5. The molecule has 3 amide bonds. The van der Waals surface area contributed by atoms with Gasteiger partial charge in [-0.1, -0.05) is 20.3 Å². The van der Waals surface area contributed by atoms with Crippen LogP contribution in [0.15, 0.2) is 0 Å². The minimum atomic E-state index is -1.63. The smallest absolute Gasteiger partial charge is 0.324 e. The van der Waals surface area contributed by atoms with E-state index >= 15 is 0 Å². The number of nitrogens with one attached hydrogen (secondary N) is 3. The fourth-order valence-corrected chi connectivity index (χ4v) is 4.14. The maximum Gasteiger partial charge on any atom is 0.324 e. The van der Waals surface area contributed by atoms with Crippen molar-refractivity contribution in [3.63, 3.8) is 0 Å². The first kappa shape index (κ1) is 28.5. The number of Topliss-reactive ketones (excluding diaryl/α,β-unsaturated/α-hetero) is 1. The molecular formula is C22H39N5O6. The van der Waals surface area contributed by atoms with Crippen LogP contribution in [0, 0.1) is 11.8 Å². The van der Waals surface area contributed by atoms with E-state index in [9.17, 15) is 29.1 Å². The molecule has 0 saturated heterocycles. The summed E-state index contributed by atoms with van der Waals surface area (Å²) < 4.78 is 0. The van der Waals surface area contributed by atoms with E-state index in [1.165, 1.54) is 6.92 Å². The number of carboxylic acid groups (broad SMARTS) is 1. The van der Waals surface area contributed by atoms with E-state index in [1.54, 1.807) is 0 Å². The van der Waals surface area contributed by atoms with Gasteiger partial charge in [0.05, 0.1) is 6.54 Å². The minimum Gasteiger partial charge on any atom is -0.480 e. The maximum atomic E-state index is 12.8. The standard InChI is InChI=1S/C22H39N5O6/c1-13(2)11-17(26-14(3)28)20(31)27-16(8-4-5-10-23)19(30)25-12-18(29)15-7-6-9-22(15,24)21(32)33/h13,15-17H,4-12,23-24H2,1-3H3,(H,25,30)(H,26,28)(H,27,31)(H,32,33)/t15?,16-,17-,22?/m0/s1. The van der Waals surface area contributed by atoms with Gasteiger partial charge >= 0.3 is 5.97 Å². The molecule has 0 heterocycles. The van der Waals surface area contributed by atoms with Crippen LogP contribution in [0.3, 0.4) is 0 Å². The number of carbonyl (C=O) groups is 5. The molecule has 4 atom stereocenters. The molecule has 0 aliphatic heterocycles. The summed E-state index contributed by atoms with van der Waals surface area (Å²) in [5, 5.41) is 17.2. The first-order chi connectivity index (χ1) is 15.4. The summed E-state index contributed by atoms with van der Waals surface area (Å²) in [7, 11) is 0. The number of unbranched alkanes of at least 4 members (excludes halogenated alkanes) is 1. The molecule has 1 saturated carbocycles. The second kappa shape index (κ2) is 13.2. The van der Waals surface area contributed by atoms with Crippen molar-refractivity contribution in [3.8, 4) is 0 Å². The lowest BCUT2D eigenvalue weighted by Gasteiger charge is -2.26. The Kier molecular flexibility index (Phi) is 11.4. The number of ketones is 1. The average Bonchev–Trinajstić information content (AvgIpc) is 3.13. The SMILES string of the molecule is CC(=O)N[C@@H](CC(C)C)C(=O)N[C@@H](CCCCN)C(=O)NCC(=O)C1CCCC1(N)C(=O)O. The van der Waals surface area contributed by atoms with Crippen molar-refractivity contribution in [3.05, 3.63) is 0 Å². The minimum absolute atomic E-state index is 0.131. The predicted octanol–water partition coefficient (Wildman–Crippen LogP) is -0.581. The third-order valence-electron chi connectivity index (χ3n) is 5.91. The molecule has 1 aliphatic rings. The largest absolute Gasteiger partial charge is 0.480 e. The summed E-state index contributed by atoms with van der Waals surface area (Å²) in [6.07, 6.45) is 2.99. The molecule has 188 valence electrons. The molecule has 1 fully saturated rings. The van der Waals surface area contributed by atoms with E-state index in [2.05, 4.69) is 16.0 Å². The summed E-state index contributed by atoms with van der Waals surface area (Å²) in [6.45, 7) is 5.20. The molecule has 2 unspecified atom stereocenters. The molecule has 11 heteroatoms. The molecule has 1 aliphatic carbocycles. The molecule has 8 N–H and O–H groups in total. The van der Waals surface area contributed by atoms with Gasteiger partial charge in [0.1, 0.15) is 17.6 Å². The number of hydrogen-bond acceptors (Lipinski definition) is 7. The Morgan fingerprint density at radius 2 is 1.73 bits per heavy atom. The van der Waals surface area contributed by atoms with Crippen molar-refractivity contribution in [1.82, 2.24) is 16.0 Å². The van der Waals surface area contributed by atoms with Crippen molar-refractivity contribution < 1.29 is 29.1 Å². The highest BCUT2D eigenvalue weighted by Gasteiger charge is 2.49. The Labute approximate surface area is 194 Å². The second-order valence-electron chi connectivity index (χ2n) is 9.20. The zero-order valence-electron chi connectivity index (χ0n) is 19.8. The number of carbonyl (C=O) groups excluding carboxylic acids is 4. The Morgan fingerprint density at radius 1 is 1.06 bits per heavy atom. The van der Waals surface area contributed by atoms with E-state index < -0.39 is 47.1 Å². The van der Waals surface area contributed by atoms with Crippen LogP contribution in [-0.4, -0.2) is 65.3 Å². The molecule has 11 nitrogen and oxygen atoms in total. The van der Waals surface area contributed by atoms with Crippen LogP contribution in [0.25, 0.3) is 0 Å². The number of nitrogens with two attached hydrogens (primary N) is 2. The van der Waals surface area contributed by atoms with Crippen LogP contribution in [0.2, 0.25) is 0 Å². The van der Waals surface area contributed by atoms with Gasteiger partial charge in [-0.3, -0.25) is 24.0 Å². The Hall–Kier alpha value is -2.53. The zero-order valence-corrected chi connectivity index (χ0v) is 19.8. The summed E-state index contributed by atoms with van der Waals surface area (Å²) in [5.41, 5.74) is 9.84. The monoisotopic (exact) mass is 469 g/mol. The Balaban J connectivity index is 2.83. The summed E-state index contributed by atoms with van der Waals surface area (Å²) in [5.74, 6) is -3.83. The number of aliphatic carboxylic acids is 1. The van der Waals surface area contributed by atoms with Crippen LogP contribution in [0.4, 0.5) is 0 Å². The van der Waals surface area contributed by atoms with Gasteiger partial charge in [0.15, 0.2) is 5.78 Å². The van der Waals surface area contributed by atoms with E-state index in [4.69, 9.17) is 11.5 Å². The van der Waals surface area contributed by atoms with Crippen molar-refractivity contribution in [1.29, 1.82) is 0 Å². The van der Waals surface area contributed by atoms with Crippen molar-refractivity contribution in [2.45, 2.75) is 83.3 Å². The average molecular weight is 470 g/mol. The van der Waals surface area contributed by atoms with Gasteiger partial charge in [-0.25, -0.2) is 0 Å². The van der Waals surface area contributed by atoms with Crippen LogP contribution in [0.5, 0.6) is 0 Å². The van der Waals surface area contributed by atoms with Gasteiger partial charge in [-0.15, -0.1) is 0 Å². The van der Waals surface area contributed by atoms with Gasteiger partial charge in [0, 0.05) is 12.8 Å². The second-order valence-corrected chi connectivity index (χ2v) is 9.20. The molecule has 0 aromatic carbocycles. The van der Waals surface area contributed by atoms with Gasteiger partial charge < -0.3 is 32.5 Å². The van der Waals surface area contributed by atoms with Gasteiger partial charge in [-0.05, 0) is 51.0 Å². The van der Waals surface area contributed by atoms with Crippen molar-refractivity contribution >= 4 is 29.5 Å². The van der Waals surface area contributed by atoms with E-state index in [0.717, 1.165) is 0 Å². The number of rotatable bonds is 14. The Bertz CT molecular complexity index is 728. The highest BCUT2D eigenvalue weighted by atomic mass is 16.4. The maximum absolute atomic E-state index is 12.8. The normalized spacial score (nSPS) is 21.8. The molecule has 33 heavy (non-hydrogen) atoms. The van der Waals surface area contributed by atoms with Crippen LogP contribution < -0.4 is 27.4 Å². The lowest BCUT2D eigenvalue weighted by molar-refractivity contribution is -0.147. The van der Waals surface area contributed by atoms with E-state index in [1.807, 2.05) is 13.8 Å². The molecular weight excluding hydrogens is 430 g/mol. The van der Waals surface area contributed by atoms with Gasteiger partial charge in [-0.2, -0.15) is 0 Å². The highest BCUT2D eigenvalue weighted by Crippen LogP contribution is 2.34. The summed E-state index contributed by atoms with van der Waals surface area (Å²) >= 11 is 0. The fraction of sp³-hybridized carbons (Fsp3) is 0.773. The van der Waals surface area contributed by atoms with Crippen molar-refractivity contribution in [2.24, 2.45) is 23.3 Å². The summed E-state index contributed by atoms with van der Waals surface area (Å²) in [6, 6.07) is -1.72. The number of hydrogen-bond donors (Lipinski definition) is 6. The van der Waals surface area contributed by atoms with E-state index in [-0.39, 0.29) is 24.8 Å². The molecule has 0 bridgehead atoms. The number of amides is 3. The number of carboxylic acids is 1. The predicted molar refractivity (Wildman–Crippen MR) is 122 cm³/mol. The molecule has 0 aromatic heterocycles. The lowest BCUT2D eigenvalue weighted by atomic mass is 9.85. The Morgan fingerprint density at radius 3 is 2.27 bits per heavy atom. The third kappa shape index (κ3) is 8.73. The van der Waals surface area contributed by atoms with Gasteiger partial charge in [0.2, 0.25) is 17.7 Å². The van der Waals surface area contributed by atoms with Gasteiger partial charge in [0.25, 0.3) is 0 Å². The third-order valence-corrected chi connectivity index (χ3v) is 5.91. The summed E-state index contributed by atoms with van der Waals surface area (Å²) in [4.78, 5) is 61.2. The van der Waals surface area contributed by atoms with Crippen LogP contribution in [0.1, 0.15) is 65.7 Å². The van der Waals surface area contributed by atoms with Crippen LogP contribution >= 0.6 is 0 Å². The molecule has 0 radical (unpaired) electrons. The zero-order chi connectivity index (χ0) is 25.2. The van der Waals surface area contributed by atoms with Crippen molar-refractivity contribution in [2.75, 3.05) is 13.1 Å². The first-order valence-electron chi connectivity index (χ1n) is 11.5. The topological polar surface area (TPSA) is 194 Å².